The number of fused-ring (bicyclic) bond motifs is 1. The summed E-state index contributed by atoms with van der Waals surface area (Å²) in [6, 6.07) is 13.0. The van der Waals surface area contributed by atoms with E-state index in [1.807, 2.05) is 35.2 Å². The summed E-state index contributed by atoms with van der Waals surface area (Å²) in [6.07, 6.45) is 1.43. The third-order valence-corrected chi connectivity index (χ3v) is 7.14. The van der Waals surface area contributed by atoms with Gasteiger partial charge in [-0.15, -0.1) is 0 Å². The van der Waals surface area contributed by atoms with Crippen molar-refractivity contribution in [2.24, 2.45) is 5.73 Å². The van der Waals surface area contributed by atoms with Gasteiger partial charge in [-0.05, 0) is 36.6 Å². The van der Waals surface area contributed by atoms with Crippen LogP contribution in [0.5, 0.6) is 0 Å². The number of H-pyrrole nitrogens is 1. The van der Waals surface area contributed by atoms with Crippen LogP contribution in [0.1, 0.15) is 18.4 Å². The van der Waals surface area contributed by atoms with Crippen LogP contribution in [0.2, 0.25) is 15.1 Å². The molecule has 1 aliphatic heterocycles. The molecule has 3 N–H and O–H groups in total. The molecule has 0 unspecified atom stereocenters. The Balaban J connectivity index is 1.47. The van der Waals surface area contributed by atoms with E-state index in [0.29, 0.717) is 69.2 Å². The van der Waals surface area contributed by atoms with E-state index >= 15 is 0 Å². The third kappa shape index (κ3) is 3.90. The SMILES string of the molecule is [C-]#[N+]c1nc(N2CCC(N)(c3ccc(Cl)cc3)CC2)nc2n[nH]c(-c3cccc(Cl)c3Cl)c12. The Labute approximate surface area is 205 Å². The van der Waals surface area contributed by atoms with Gasteiger partial charge in [0.2, 0.25) is 0 Å². The van der Waals surface area contributed by atoms with Crippen LogP contribution in [0.25, 0.3) is 27.1 Å². The zero-order valence-corrected chi connectivity index (χ0v) is 19.6. The molecule has 0 aliphatic carbocycles. The number of benzene rings is 2. The molecule has 0 radical (unpaired) electrons. The molecule has 10 heteroatoms. The molecule has 0 saturated carbocycles. The zero-order chi connectivity index (χ0) is 23.2. The average molecular weight is 499 g/mol. The van der Waals surface area contributed by atoms with Crippen LogP contribution in [0, 0.1) is 6.57 Å². The van der Waals surface area contributed by atoms with Crippen LogP contribution in [0.4, 0.5) is 11.8 Å². The fourth-order valence-electron chi connectivity index (χ4n) is 4.19. The van der Waals surface area contributed by atoms with Crippen LogP contribution in [0.15, 0.2) is 42.5 Å². The number of nitrogens with two attached hydrogens (primary N) is 1. The highest BCUT2D eigenvalue weighted by molar-refractivity contribution is 6.43. The Bertz CT molecular complexity index is 1380. The highest BCUT2D eigenvalue weighted by atomic mass is 35.5. The van der Waals surface area contributed by atoms with Crippen LogP contribution < -0.4 is 10.6 Å². The minimum Gasteiger partial charge on any atom is -0.360 e. The number of hydrogen-bond donors (Lipinski definition) is 2. The van der Waals surface area contributed by atoms with E-state index in [9.17, 15) is 0 Å². The smallest absolute Gasteiger partial charge is 0.324 e. The van der Waals surface area contributed by atoms with Crippen molar-refractivity contribution < 1.29 is 0 Å². The second-order valence-corrected chi connectivity index (χ2v) is 9.23. The van der Waals surface area contributed by atoms with Gasteiger partial charge in [-0.25, -0.2) is 0 Å². The van der Waals surface area contributed by atoms with Crippen molar-refractivity contribution in [1.29, 1.82) is 0 Å². The van der Waals surface area contributed by atoms with E-state index in [0.717, 1.165) is 5.56 Å². The summed E-state index contributed by atoms with van der Waals surface area (Å²) in [4.78, 5) is 14.9. The van der Waals surface area contributed by atoms with E-state index in [1.54, 1.807) is 12.1 Å². The molecule has 5 rings (SSSR count). The second kappa shape index (κ2) is 8.47. The highest BCUT2D eigenvalue weighted by Crippen LogP contribution is 2.39. The Morgan fingerprint density at radius 2 is 1.76 bits per heavy atom. The number of aromatic nitrogens is 4. The van der Waals surface area contributed by atoms with Gasteiger partial charge in [0.05, 0.1) is 21.1 Å². The molecule has 33 heavy (non-hydrogen) atoms. The lowest BCUT2D eigenvalue weighted by molar-refractivity contribution is 0.340. The first-order chi connectivity index (χ1) is 15.9. The highest BCUT2D eigenvalue weighted by Gasteiger charge is 2.34. The number of piperidine rings is 1. The van der Waals surface area contributed by atoms with Crippen molar-refractivity contribution in [1.82, 2.24) is 20.2 Å². The van der Waals surface area contributed by atoms with Crippen molar-refractivity contribution in [3.63, 3.8) is 0 Å². The van der Waals surface area contributed by atoms with Gasteiger partial charge < -0.3 is 15.5 Å². The molecule has 2 aromatic heterocycles. The maximum Gasteiger partial charge on any atom is 0.324 e. The van der Waals surface area contributed by atoms with Crippen LogP contribution in [-0.2, 0) is 5.54 Å². The first-order valence-corrected chi connectivity index (χ1v) is 11.4. The molecule has 3 heterocycles. The van der Waals surface area contributed by atoms with Crippen molar-refractivity contribution >= 4 is 57.6 Å². The standard InChI is InChI=1S/C23H18Cl3N7/c1-28-20-17-19(15-3-2-4-16(25)18(15)26)31-32-21(17)30-22(29-20)33-11-9-23(27,10-12-33)13-5-7-14(24)8-6-13/h2-8H,9-12,27H2,(H,29,30,31,32). The topological polar surface area (TPSA) is 88.1 Å². The van der Waals surface area contributed by atoms with Gasteiger partial charge in [0, 0.05) is 29.2 Å². The summed E-state index contributed by atoms with van der Waals surface area (Å²) in [5.41, 5.74) is 8.93. The molecule has 0 atom stereocenters. The van der Waals surface area contributed by atoms with Crippen LogP contribution in [-0.4, -0.2) is 33.3 Å². The van der Waals surface area contributed by atoms with Crippen molar-refractivity contribution in [3.05, 3.63) is 74.5 Å². The number of anilines is 1. The van der Waals surface area contributed by atoms with Gasteiger partial charge >= 0.3 is 5.95 Å². The summed E-state index contributed by atoms with van der Waals surface area (Å²) < 4.78 is 0. The lowest BCUT2D eigenvalue weighted by Gasteiger charge is -2.38. The Morgan fingerprint density at radius 3 is 2.45 bits per heavy atom. The van der Waals surface area contributed by atoms with Gasteiger partial charge in [-0.3, -0.25) is 5.10 Å². The Hall–Kier alpha value is -2.89. The minimum atomic E-state index is -0.448. The predicted molar refractivity (Wildman–Crippen MR) is 132 cm³/mol. The van der Waals surface area contributed by atoms with Crippen molar-refractivity contribution in [2.45, 2.75) is 18.4 Å². The summed E-state index contributed by atoms with van der Waals surface area (Å²) in [7, 11) is 0. The van der Waals surface area contributed by atoms with Crippen molar-refractivity contribution in [3.8, 4) is 11.3 Å². The number of hydrogen-bond acceptors (Lipinski definition) is 5. The summed E-state index contributed by atoms with van der Waals surface area (Å²) >= 11 is 18.6. The maximum absolute atomic E-state index is 7.71. The molecule has 0 amide bonds. The molecule has 0 spiro atoms. The Morgan fingerprint density at radius 1 is 1.03 bits per heavy atom. The summed E-state index contributed by atoms with van der Waals surface area (Å²) in [6.45, 7) is 9.01. The van der Waals surface area contributed by atoms with Gasteiger partial charge in [0.1, 0.15) is 0 Å². The monoisotopic (exact) mass is 497 g/mol. The van der Waals surface area contributed by atoms with E-state index in [-0.39, 0.29) is 5.82 Å². The maximum atomic E-state index is 7.71. The average Bonchev–Trinajstić information content (AvgIpc) is 3.25. The van der Waals surface area contributed by atoms with Crippen molar-refractivity contribution in [2.75, 3.05) is 18.0 Å². The van der Waals surface area contributed by atoms with E-state index in [2.05, 4.69) is 25.0 Å². The largest absolute Gasteiger partial charge is 0.360 e. The van der Waals surface area contributed by atoms with E-state index < -0.39 is 5.54 Å². The molecule has 1 saturated heterocycles. The second-order valence-electron chi connectivity index (χ2n) is 8.01. The fourth-order valence-corrected chi connectivity index (χ4v) is 4.71. The number of rotatable bonds is 3. The number of aromatic amines is 1. The molecule has 166 valence electrons. The molecule has 2 aromatic carbocycles. The molecule has 0 bridgehead atoms. The van der Waals surface area contributed by atoms with Gasteiger partial charge in [0.25, 0.3) is 5.82 Å². The lowest BCUT2D eigenvalue weighted by Crippen LogP contribution is -2.48. The van der Waals surface area contributed by atoms with E-state index in [4.69, 9.17) is 47.1 Å². The third-order valence-electron chi connectivity index (χ3n) is 6.07. The fraction of sp³-hybridized carbons (Fsp3) is 0.217. The first-order valence-electron chi connectivity index (χ1n) is 10.3. The zero-order valence-electron chi connectivity index (χ0n) is 17.3. The normalized spacial score (nSPS) is 15.5. The summed E-state index contributed by atoms with van der Waals surface area (Å²) in [5.74, 6) is 0.666. The quantitative estimate of drug-likeness (QED) is 0.339. The van der Waals surface area contributed by atoms with Crippen LogP contribution >= 0.6 is 34.8 Å². The van der Waals surface area contributed by atoms with E-state index in [1.165, 1.54) is 0 Å². The molecular formula is C23H18Cl3N7. The summed E-state index contributed by atoms with van der Waals surface area (Å²) in [5, 5.41) is 9.28. The predicted octanol–water partition coefficient (Wildman–Crippen LogP) is 5.99. The number of nitrogens with zero attached hydrogens (tertiary/aromatic N) is 5. The van der Waals surface area contributed by atoms with Gasteiger partial charge in [-0.1, -0.05) is 70.6 Å². The number of nitrogens with one attached hydrogen (secondary N) is 1. The first kappa shape index (κ1) is 21.9. The van der Waals surface area contributed by atoms with Gasteiger partial charge in [-0.2, -0.15) is 10.1 Å². The van der Waals surface area contributed by atoms with Crippen LogP contribution in [0.3, 0.4) is 0 Å². The molecule has 7 nitrogen and oxygen atoms in total. The number of halogens is 3. The van der Waals surface area contributed by atoms with Gasteiger partial charge in [0.15, 0.2) is 5.65 Å². The molecular weight excluding hydrogens is 481 g/mol. The minimum absolute atomic E-state index is 0.206. The lowest BCUT2D eigenvalue weighted by atomic mass is 9.82. The Kier molecular flexibility index (Phi) is 5.63. The molecule has 1 fully saturated rings. The molecule has 4 aromatic rings. The molecule has 1 aliphatic rings.